The SMILES string of the molecule is CC(C)C[C@H](NC(=O)CCc1ccc2c(c1)CCO2)c1nnc2ccccn12. The number of amides is 1. The smallest absolute Gasteiger partial charge is 0.220 e. The van der Waals surface area contributed by atoms with E-state index in [0.29, 0.717) is 18.8 Å². The molecule has 0 radical (unpaired) electrons. The van der Waals surface area contributed by atoms with E-state index in [4.69, 9.17) is 4.74 Å². The molecule has 1 amide bonds. The van der Waals surface area contributed by atoms with Crippen molar-refractivity contribution < 1.29 is 9.53 Å². The van der Waals surface area contributed by atoms with Gasteiger partial charge in [-0.25, -0.2) is 0 Å². The fourth-order valence-corrected chi connectivity index (χ4v) is 3.72. The standard InChI is InChI=1S/C22H26N4O2/c1-15(2)13-18(22-25-24-20-5-3-4-11-26(20)22)23-21(27)9-7-16-6-8-19-17(14-16)10-12-28-19/h3-6,8,11,14-15,18H,7,9-10,12-13H2,1-2H3,(H,23,27)/t18-/m0/s1. The van der Waals surface area contributed by atoms with Crippen LogP contribution in [0.1, 0.15) is 49.7 Å². The molecule has 3 heterocycles. The van der Waals surface area contributed by atoms with Gasteiger partial charge in [-0.3, -0.25) is 9.20 Å². The van der Waals surface area contributed by atoms with Crippen LogP contribution >= 0.6 is 0 Å². The van der Waals surface area contributed by atoms with E-state index in [1.165, 1.54) is 11.1 Å². The number of aromatic nitrogens is 3. The van der Waals surface area contributed by atoms with Crippen molar-refractivity contribution in [3.05, 3.63) is 59.5 Å². The molecule has 6 nitrogen and oxygen atoms in total. The summed E-state index contributed by atoms with van der Waals surface area (Å²) in [5.41, 5.74) is 3.21. The molecular weight excluding hydrogens is 352 g/mol. The van der Waals surface area contributed by atoms with Crippen LogP contribution in [0.5, 0.6) is 5.75 Å². The van der Waals surface area contributed by atoms with Crippen molar-refractivity contribution in [1.82, 2.24) is 19.9 Å². The summed E-state index contributed by atoms with van der Waals surface area (Å²) in [5, 5.41) is 11.8. The Hall–Kier alpha value is -2.89. The molecule has 0 spiro atoms. The third kappa shape index (κ3) is 4.01. The van der Waals surface area contributed by atoms with Gasteiger partial charge in [0, 0.05) is 19.0 Å². The zero-order valence-corrected chi connectivity index (χ0v) is 16.4. The van der Waals surface area contributed by atoms with Crippen LogP contribution in [-0.4, -0.2) is 27.1 Å². The van der Waals surface area contributed by atoms with Crippen molar-refractivity contribution in [2.24, 2.45) is 5.92 Å². The highest BCUT2D eigenvalue weighted by molar-refractivity contribution is 5.76. The number of carbonyl (C=O) groups excluding carboxylic acids is 1. The Labute approximate surface area is 164 Å². The molecule has 2 aromatic heterocycles. The van der Waals surface area contributed by atoms with E-state index in [-0.39, 0.29) is 11.9 Å². The van der Waals surface area contributed by atoms with E-state index in [2.05, 4.69) is 41.5 Å². The van der Waals surface area contributed by atoms with Crippen molar-refractivity contribution in [3.8, 4) is 5.75 Å². The second kappa shape index (κ2) is 8.00. The first kappa shape index (κ1) is 18.5. The minimum atomic E-state index is -0.154. The zero-order valence-electron chi connectivity index (χ0n) is 16.4. The predicted octanol–water partition coefficient (Wildman–Crippen LogP) is 3.50. The predicted molar refractivity (Wildman–Crippen MR) is 107 cm³/mol. The molecule has 0 saturated heterocycles. The lowest BCUT2D eigenvalue weighted by Crippen LogP contribution is -2.31. The molecule has 1 atom stereocenters. The maximum absolute atomic E-state index is 12.7. The van der Waals surface area contributed by atoms with E-state index >= 15 is 0 Å². The quantitative estimate of drug-likeness (QED) is 0.683. The van der Waals surface area contributed by atoms with Crippen LogP contribution in [0, 0.1) is 5.92 Å². The fraction of sp³-hybridized carbons (Fsp3) is 0.409. The highest BCUT2D eigenvalue weighted by Gasteiger charge is 2.21. The van der Waals surface area contributed by atoms with Gasteiger partial charge >= 0.3 is 0 Å². The monoisotopic (exact) mass is 378 g/mol. The first-order valence-corrected chi connectivity index (χ1v) is 9.94. The van der Waals surface area contributed by atoms with Gasteiger partial charge in [-0.15, -0.1) is 10.2 Å². The number of aryl methyl sites for hydroxylation is 1. The van der Waals surface area contributed by atoms with Gasteiger partial charge in [0.25, 0.3) is 0 Å². The Morgan fingerprint density at radius 3 is 3.00 bits per heavy atom. The molecule has 0 bridgehead atoms. The summed E-state index contributed by atoms with van der Waals surface area (Å²) in [5.74, 6) is 2.23. The van der Waals surface area contributed by atoms with Crippen molar-refractivity contribution in [3.63, 3.8) is 0 Å². The highest BCUT2D eigenvalue weighted by Crippen LogP contribution is 2.26. The molecule has 28 heavy (non-hydrogen) atoms. The van der Waals surface area contributed by atoms with Gasteiger partial charge in [-0.05, 0) is 48.1 Å². The summed E-state index contributed by atoms with van der Waals surface area (Å²) in [6.07, 6.45) is 4.87. The number of nitrogens with zero attached hydrogens (tertiary/aromatic N) is 3. The third-order valence-corrected chi connectivity index (χ3v) is 5.09. The molecular formula is C22H26N4O2. The lowest BCUT2D eigenvalue weighted by molar-refractivity contribution is -0.122. The first-order chi connectivity index (χ1) is 13.6. The van der Waals surface area contributed by atoms with Gasteiger partial charge in [0.2, 0.25) is 5.91 Å². The van der Waals surface area contributed by atoms with Crippen LogP contribution in [0.3, 0.4) is 0 Å². The second-order valence-corrected chi connectivity index (χ2v) is 7.78. The molecule has 4 rings (SSSR count). The fourth-order valence-electron chi connectivity index (χ4n) is 3.72. The number of hydrogen-bond acceptors (Lipinski definition) is 4. The van der Waals surface area contributed by atoms with E-state index in [1.807, 2.05) is 34.9 Å². The first-order valence-electron chi connectivity index (χ1n) is 9.94. The second-order valence-electron chi connectivity index (χ2n) is 7.78. The molecule has 1 aliphatic rings. The lowest BCUT2D eigenvalue weighted by Gasteiger charge is -2.19. The van der Waals surface area contributed by atoms with E-state index in [1.54, 1.807) is 0 Å². The molecule has 0 saturated carbocycles. The van der Waals surface area contributed by atoms with E-state index < -0.39 is 0 Å². The number of ether oxygens (including phenoxy) is 1. The van der Waals surface area contributed by atoms with E-state index in [0.717, 1.165) is 36.7 Å². The average Bonchev–Trinajstić information content (AvgIpc) is 3.31. The summed E-state index contributed by atoms with van der Waals surface area (Å²) in [4.78, 5) is 12.7. The summed E-state index contributed by atoms with van der Waals surface area (Å²) >= 11 is 0. The summed E-state index contributed by atoms with van der Waals surface area (Å²) in [7, 11) is 0. The van der Waals surface area contributed by atoms with Crippen molar-refractivity contribution in [2.45, 2.75) is 45.6 Å². The minimum absolute atomic E-state index is 0.0371. The van der Waals surface area contributed by atoms with Gasteiger partial charge in [0.15, 0.2) is 11.5 Å². The Bertz CT molecular complexity index is 980. The van der Waals surface area contributed by atoms with Crippen molar-refractivity contribution >= 4 is 11.6 Å². The van der Waals surface area contributed by atoms with Gasteiger partial charge < -0.3 is 10.1 Å². The largest absolute Gasteiger partial charge is 0.493 e. The van der Waals surface area contributed by atoms with Crippen LogP contribution in [-0.2, 0) is 17.6 Å². The average molecular weight is 378 g/mol. The zero-order chi connectivity index (χ0) is 19.5. The molecule has 0 fully saturated rings. The lowest BCUT2D eigenvalue weighted by atomic mass is 10.0. The Morgan fingerprint density at radius 1 is 1.25 bits per heavy atom. The Balaban J connectivity index is 1.44. The van der Waals surface area contributed by atoms with Crippen LogP contribution in [0.2, 0.25) is 0 Å². The number of pyridine rings is 1. The summed E-state index contributed by atoms with van der Waals surface area (Å²) < 4.78 is 7.50. The Morgan fingerprint density at radius 2 is 2.14 bits per heavy atom. The van der Waals surface area contributed by atoms with Crippen molar-refractivity contribution in [1.29, 1.82) is 0 Å². The Kier molecular flexibility index (Phi) is 5.28. The van der Waals surface area contributed by atoms with Gasteiger partial charge in [0.05, 0.1) is 12.6 Å². The van der Waals surface area contributed by atoms with Gasteiger partial charge in [-0.2, -0.15) is 0 Å². The number of carbonyl (C=O) groups is 1. The molecule has 1 N–H and O–H groups in total. The van der Waals surface area contributed by atoms with Crippen LogP contribution in [0.25, 0.3) is 5.65 Å². The number of hydrogen-bond donors (Lipinski definition) is 1. The minimum Gasteiger partial charge on any atom is -0.493 e. The topological polar surface area (TPSA) is 68.5 Å². The number of fused-ring (bicyclic) bond motifs is 2. The summed E-state index contributed by atoms with van der Waals surface area (Å²) in [6.45, 7) is 5.05. The molecule has 6 heteroatoms. The van der Waals surface area contributed by atoms with Gasteiger partial charge in [-0.1, -0.05) is 32.0 Å². The van der Waals surface area contributed by atoms with Crippen LogP contribution < -0.4 is 10.1 Å². The molecule has 0 aliphatic carbocycles. The molecule has 1 aromatic carbocycles. The molecule has 3 aromatic rings. The number of nitrogens with one attached hydrogen (secondary N) is 1. The maximum atomic E-state index is 12.7. The molecule has 1 aliphatic heterocycles. The normalized spacial score (nSPS) is 14.1. The molecule has 0 unspecified atom stereocenters. The van der Waals surface area contributed by atoms with Crippen LogP contribution in [0.4, 0.5) is 0 Å². The number of benzene rings is 1. The maximum Gasteiger partial charge on any atom is 0.220 e. The third-order valence-electron chi connectivity index (χ3n) is 5.09. The van der Waals surface area contributed by atoms with Crippen LogP contribution in [0.15, 0.2) is 42.6 Å². The number of rotatable bonds is 7. The highest BCUT2D eigenvalue weighted by atomic mass is 16.5. The van der Waals surface area contributed by atoms with Crippen molar-refractivity contribution in [2.75, 3.05) is 6.61 Å². The summed E-state index contributed by atoms with van der Waals surface area (Å²) in [6, 6.07) is 11.9. The molecule has 146 valence electrons. The van der Waals surface area contributed by atoms with E-state index in [9.17, 15) is 4.79 Å². The van der Waals surface area contributed by atoms with Gasteiger partial charge in [0.1, 0.15) is 5.75 Å².